The third-order valence-electron chi connectivity index (χ3n) is 7.06. The van der Waals surface area contributed by atoms with Gasteiger partial charge in [-0.2, -0.15) is 0 Å². The van der Waals surface area contributed by atoms with Crippen LogP contribution >= 0.6 is 0 Å². The van der Waals surface area contributed by atoms with Gasteiger partial charge in [-0.1, -0.05) is 24.6 Å². The van der Waals surface area contributed by atoms with E-state index in [1.807, 2.05) is 24.3 Å². The average molecular weight is 454 g/mol. The van der Waals surface area contributed by atoms with Gasteiger partial charge in [-0.15, -0.1) is 0 Å². The molecule has 2 heterocycles. The molecule has 0 saturated carbocycles. The van der Waals surface area contributed by atoms with Crippen LogP contribution in [0.25, 0.3) is 0 Å². The lowest BCUT2D eigenvalue weighted by atomic mass is 9.85. The molecule has 2 aromatic rings. The maximum Gasteiger partial charge on any atom is 0.238 e. The molecule has 0 spiro atoms. The third-order valence-corrected chi connectivity index (χ3v) is 7.06. The minimum Gasteiger partial charge on any atom is -0.497 e. The Labute approximate surface area is 194 Å². The van der Waals surface area contributed by atoms with Crippen LogP contribution in [0, 0.1) is 12.7 Å². The minimum absolute atomic E-state index is 0.0114. The van der Waals surface area contributed by atoms with Crippen molar-refractivity contribution in [3.05, 3.63) is 59.4 Å². The number of nitrogens with zero attached hydrogens (tertiary/aromatic N) is 1. The van der Waals surface area contributed by atoms with E-state index in [1.54, 1.807) is 26.2 Å². The van der Waals surface area contributed by atoms with Crippen LogP contribution in [-0.4, -0.2) is 41.9 Å². The number of halogens is 1. The molecule has 0 radical (unpaired) electrons. The SMILES string of the molecule is COc1cccc([C@@H]2C[C@]3(C)NC(=O)CCCC[C@@H]3N2CC(=O)Nc2cccc(F)c2C)c1. The Morgan fingerprint density at radius 3 is 2.85 bits per heavy atom. The Bertz CT molecular complexity index is 1040. The van der Waals surface area contributed by atoms with Crippen molar-refractivity contribution in [1.29, 1.82) is 0 Å². The van der Waals surface area contributed by atoms with Gasteiger partial charge in [0.1, 0.15) is 11.6 Å². The number of carbonyl (C=O) groups is 2. The van der Waals surface area contributed by atoms with Crippen LogP contribution in [0.2, 0.25) is 0 Å². The first-order chi connectivity index (χ1) is 15.8. The van der Waals surface area contributed by atoms with Gasteiger partial charge in [0.05, 0.1) is 19.2 Å². The second-order valence-corrected chi connectivity index (χ2v) is 9.36. The largest absolute Gasteiger partial charge is 0.497 e. The number of hydrogen-bond acceptors (Lipinski definition) is 4. The predicted molar refractivity (Wildman–Crippen MR) is 126 cm³/mol. The topological polar surface area (TPSA) is 70.7 Å². The fourth-order valence-corrected chi connectivity index (χ4v) is 5.34. The molecule has 2 amide bonds. The second kappa shape index (κ2) is 9.51. The van der Waals surface area contributed by atoms with Crippen LogP contribution in [0.5, 0.6) is 5.75 Å². The fourth-order valence-electron chi connectivity index (χ4n) is 5.34. The lowest BCUT2D eigenvalue weighted by Gasteiger charge is -2.38. The van der Waals surface area contributed by atoms with Crippen LogP contribution in [-0.2, 0) is 9.59 Å². The van der Waals surface area contributed by atoms with Gasteiger partial charge in [-0.05, 0) is 62.9 Å². The van der Waals surface area contributed by atoms with E-state index in [1.165, 1.54) is 6.07 Å². The lowest BCUT2D eigenvalue weighted by molar-refractivity contribution is -0.123. The van der Waals surface area contributed by atoms with Gasteiger partial charge in [-0.25, -0.2) is 4.39 Å². The summed E-state index contributed by atoms with van der Waals surface area (Å²) >= 11 is 0. The van der Waals surface area contributed by atoms with E-state index in [4.69, 9.17) is 4.74 Å². The average Bonchev–Trinajstić information content (AvgIpc) is 3.03. The van der Waals surface area contributed by atoms with Crippen molar-refractivity contribution in [2.45, 2.75) is 63.6 Å². The highest BCUT2D eigenvalue weighted by atomic mass is 19.1. The normalized spacial score (nSPS) is 25.5. The summed E-state index contributed by atoms with van der Waals surface area (Å²) in [6.07, 6.45) is 3.89. The number of rotatable bonds is 5. The summed E-state index contributed by atoms with van der Waals surface area (Å²) in [4.78, 5) is 27.8. The molecule has 33 heavy (non-hydrogen) atoms. The maximum absolute atomic E-state index is 14.0. The van der Waals surface area contributed by atoms with Crippen LogP contribution in [0.15, 0.2) is 42.5 Å². The van der Waals surface area contributed by atoms with E-state index in [-0.39, 0.29) is 36.3 Å². The van der Waals surface area contributed by atoms with Gasteiger partial charge in [0.15, 0.2) is 0 Å². The van der Waals surface area contributed by atoms with E-state index < -0.39 is 5.54 Å². The summed E-state index contributed by atoms with van der Waals surface area (Å²) in [7, 11) is 1.63. The standard InChI is InChI=1S/C26H32FN3O3/c1-17-20(27)10-7-11-21(17)28-25(32)16-30-22(18-8-6-9-19(14-18)33-3)15-26(2)23(30)12-4-5-13-24(31)29-26/h6-11,14,22-23H,4-5,12-13,15-16H2,1-3H3,(H,28,32)(H,29,31)/t22-,23-,26-/m0/s1. The molecule has 6 nitrogen and oxygen atoms in total. The molecular weight excluding hydrogens is 421 g/mol. The number of methoxy groups -OCH3 is 1. The molecule has 7 heteroatoms. The monoisotopic (exact) mass is 453 g/mol. The first-order valence-corrected chi connectivity index (χ1v) is 11.6. The number of anilines is 1. The lowest BCUT2D eigenvalue weighted by Crippen LogP contribution is -2.56. The van der Waals surface area contributed by atoms with Crippen LogP contribution in [0.1, 0.15) is 56.2 Å². The number of amides is 2. The Morgan fingerprint density at radius 1 is 1.27 bits per heavy atom. The minimum atomic E-state index is -0.444. The molecule has 0 aliphatic carbocycles. The summed E-state index contributed by atoms with van der Waals surface area (Å²) in [5.74, 6) is 0.270. The van der Waals surface area contributed by atoms with Crippen molar-refractivity contribution in [2.75, 3.05) is 19.0 Å². The van der Waals surface area contributed by atoms with Gasteiger partial charge in [-0.3, -0.25) is 14.5 Å². The van der Waals surface area contributed by atoms with E-state index >= 15 is 0 Å². The molecular formula is C26H32FN3O3. The molecule has 4 rings (SSSR count). The van der Waals surface area contributed by atoms with E-state index in [9.17, 15) is 14.0 Å². The number of nitrogens with one attached hydrogen (secondary N) is 2. The molecule has 0 unspecified atom stereocenters. The highest BCUT2D eigenvalue weighted by molar-refractivity contribution is 5.93. The van der Waals surface area contributed by atoms with Crippen molar-refractivity contribution in [2.24, 2.45) is 0 Å². The van der Waals surface area contributed by atoms with Crippen molar-refractivity contribution in [3.8, 4) is 5.75 Å². The predicted octanol–water partition coefficient (Wildman–Crippen LogP) is 4.35. The Hall–Kier alpha value is -2.93. The van der Waals surface area contributed by atoms with Crippen molar-refractivity contribution in [1.82, 2.24) is 10.2 Å². The van der Waals surface area contributed by atoms with Crippen LogP contribution < -0.4 is 15.4 Å². The summed E-state index contributed by atoms with van der Waals surface area (Å²) in [5.41, 5.74) is 1.50. The number of likely N-dealkylation sites (tertiary alicyclic amines) is 1. The highest BCUT2D eigenvalue weighted by Gasteiger charge is 2.51. The summed E-state index contributed by atoms with van der Waals surface area (Å²) in [6.45, 7) is 3.89. The van der Waals surface area contributed by atoms with E-state index in [0.717, 1.165) is 30.6 Å². The van der Waals surface area contributed by atoms with Crippen LogP contribution in [0.4, 0.5) is 10.1 Å². The van der Waals surface area contributed by atoms with E-state index in [0.29, 0.717) is 24.1 Å². The van der Waals surface area contributed by atoms with Gasteiger partial charge in [0.2, 0.25) is 11.8 Å². The molecule has 3 atom stereocenters. The molecule has 2 saturated heterocycles. The number of hydrogen-bond donors (Lipinski definition) is 2. The molecule has 0 aromatic heterocycles. The Balaban J connectivity index is 1.64. The molecule has 2 aliphatic heterocycles. The molecule has 2 fully saturated rings. The first kappa shape index (κ1) is 23.2. The molecule has 2 aromatic carbocycles. The quantitative estimate of drug-likeness (QED) is 0.706. The summed E-state index contributed by atoms with van der Waals surface area (Å²) in [5, 5.41) is 6.15. The van der Waals surface area contributed by atoms with Crippen LogP contribution in [0.3, 0.4) is 0 Å². The molecule has 2 N–H and O–H groups in total. The van der Waals surface area contributed by atoms with Crippen molar-refractivity contribution in [3.63, 3.8) is 0 Å². The zero-order chi connectivity index (χ0) is 23.6. The van der Waals surface area contributed by atoms with Gasteiger partial charge >= 0.3 is 0 Å². The van der Waals surface area contributed by atoms with Crippen molar-refractivity contribution >= 4 is 17.5 Å². The maximum atomic E-state index is 14.0. The van der Waals surface area contributed by atoms with E-state index in [2.05, 4.69) is 22.5 Å². The van der Waals surface area contributed by atoms with Gasteiger partial charge in [0.25, 0.3) is 0 Å². The number of carbonyl (C=O) groups excluding carboxylic acids is 2. The molecule has 176 valence electrons. The smallest absolute Gasteiger partial charge is 0.238 e. The zero-order valence-corrected chi connectivity index (χ0v) is 19.5. The van der Waals surface area contributed by atoms with Crippen molar-refractivity contribution < 1.29 is 18.7 Å². The summed E-state index contributed by atoms with van der Waals surface area (Å²) < 4.78 is 19.4. The Morgan fingerprint density at radius 2 is 2.06 bits per heavy atom. The number of ether oxygens (including phenoxy) is 1. The fraction of sp³-hybridized carbons (Fsp3) is 0.462. The first-order valence-electron chi connectivity index (χ1n) is 11.6. The number of benzene rings is 2. The molecule has 2 aliphatic rings. The number of fused-ring (bicyclic) bond motifs is 1. The van der Waals surface area contributed by atoms with Gasteiger partial charge < -0.3 is 15.4 Å². The Kier molecular flexibility index (Phi) is 6.70. The zero-order valence-electron chi connectivity index (χ0n) is 19.5. The third kappa shape index (κ3) is 4.88. The molecule has 0 bridgehead atoms. The highest BCUT2D eigenvalue weighted by Crippen LogP contribution is 2.45. The van der Waals surface area contributed by atoms with Gasteiger partial charge in [0, 0.05) is 29.8 Å². The summed E-state index contributed by atoms with van der Waals surface area (Å²) in [6, 6.07) is 12.5. The second-order valence-electron chi connectivity index (χ2n) is 9.36.